The highest BCUT2D eigenvalue weighted by atomic mass is 32.1. The maximum atomic E-state index is 5.60. The van der Waals surface area contributed by atoms with Crippen LogP contribution in [-0.4, -0.2) is 41.2 Å². The van der Waals surface area contributed by atoms with Gasteiger partial charge in [-0.05, 0) is 19.9 Å². The number of nitrogen functional groups attached to an aromatic ring is 1. The fourth-order valence-corrected chi connectivity index (χ4v) is 4.34. The highest BCUT2D eigenvalue weighted by molar-refractivity contribution is 7.17. The molecule has 10 heteroatoms. The van der Waals surface area contributed by atoms with E-state index in [9.17, 15) is 0 Å². The van der Waals surface area contributed by atoms with Crippen LogP contribution >= 0.6 is 11.3 Å². The molecule has 0 unspecified atom stereocenters. The van der Waals surface area contributed by atoms with Gasteiger partial charge in [-0.1, -0.05) is 18.2 Å². The third-order valence-corrected chi connectivity index (χ3v) is 5.85. The van der Waals surface area contributed by atoms with E-state index in [1.54, 1.807) is 11.3 Å². The first-order chi connectivity index (χ1) is 14.6. The molecule has 0 saturated heterocycles. The summed E-state index contributed by atoms with van der Waals surface area (Å²) in [6.45, 7) is 4.83. The summed E-state index contributed by atoms with van der Waals surface area (Å²) in [5, 5.41) is 13.4. The lowest BCUT2D eigenvalue weighted by atomic mass is 10.1. The lowest BCUT2D eigenvalue weighted by Crippen LogP contribution is -2.10. The number of anilines is 2. The van der Waals surface area contributed by atoms with Crippen LogP contribution in [0.1, 0.15) is 25.7 Å². The Kier molecular flexibility index (Phi) is 4.55. The predicted molar refractivity (Wildman–Crippen MR) is 120 cm³/mol. The van der Waals surface area contributed by atoms with Crippen molar-refractivity contribution in [1.82, 2.24) is 34.7 Å². The van der Waals surface area contributed by atoms with Crippen molar-refractivity contribution in [3.63, 3.8) is 0 Å². The second-order valence-electron chi connectivity index (χ2n) is 7.27. The Morgan fingerprint density at radius 2 is 2.07 bits per heavy atom. The normalized spacial score (nSPS) is 11.7. The van der Waals surface area contributed by atoms with Crippen molar-refractivity contribution in [1.29, 1.82) is 0 Å². The van der Waals surface area contributed by atoms with Crippen molar-refractivity contribution in [3.8, 4) is 11.4 Å². The Hall–Kier alpha value is -3.53. The van der Waals surface area contributed by atoms with Gasteiger partial charge in [-0.3, -0.25) is 0 Å². The molecule has 0 aliphatic heterocycles. The first kappa shape index (κ1) is 18.5. The summed E-state index contributed by atoms with van der Waals surface area (Å²) >= 11 is 1.70. The van der Waals surface area contributed by atoms with Crippen LogP contribution in [0.4, 0.5) is 11.8 Å². The van der Waals surface area contributed by atoms with Crippen LogP contribution in [0.25, 0.3) is 32.6 Å². The number of aromatic amines is 1. The predicted octanol–water partition coefficient (Wildman–Crippen LogP) is 3.64. The van der Waals surface area contributed by atoms with Crippen molar-refractivity contribution >= 4 is 44.4 Å². The zero-order valence-electron chi connectivity index (χ0n) is 16.6. The van der Waals surface area contributed by atoms with Crippen molar-refractivity contribution in [2.24, 2.45) is 0 Å². The van der Waals surface area contributed by atoms with E-state index in [0.29, 0.717) is 36.4 Å². The zero-order chi connectivity index (χ0) is 20.7. The van der Waals surface area contributed by atoms with E-state index < -0.39 is 0 Å². The number of imidazole rings is 1. The first-order valence-electron chi connectivity index (χ1n) is 9.72. The van der Waals surface area contributed by atoms with Gasteiger partial charge in [0.15, 0.2) is 23.1 Å². The average molecular weight is 420 g/mol. The molecule has 5 aromatic rings. The number of benzene rings is 1. The quantitative estimate of drug-likeness (QED) is 0.384. The number of hydrogen-bond acceptors (Lipinski definition) is 8. The van der Waals surface area contributed by atoms with Gasteiger partial charge in [0.05, 0.1) is 6.33 Å². The number of H-pyrrole nitrogens is 1. The summed E-state index contributed by atoms with van der Waals surface area (Å²) < 4.78 is 3.28. The highest BCUT2D eigenvalue weighted by Gasteiger charge is 2.17. The van der Waals surface area contributed by atoms with Crippen molar-refractivity contribution in [2.75, 3.05) is 17.6 Å². The third-order valence-electron chi connectivity index (χ3n) is 4.89. The van der Waals surface area contributed by atoms with Gasteiger partial charge in [0.1, 0.15) is 5.52 Å². The summed E-state index contributed by atoms with van der Waals surface area (Å²) in [7, 11) is 0. The molecular formula is C20H21N9S. The molecule has 152 valence electrons. The summed E-state index contributed by atoms with van der Waals surface area (Å²) in [5.41, 5.74) is 8.20. The van der Waals surface area contributed by atoms with E-state index >= 15 is 0 Å². The molecule has 4 heterocycles. The maximum absolute atomic E-state index is 5.60. The van der Waals surface area contributed by atoms with Crippen LogP contribution in [0.5, 0.6) is 0 Å². The van der Waals surface area contributed by atoms with E-state index in [0.717, 1.165) is 22.1 Å². The van der Waals surface area contributed by atoms with Gasteiger partial charge in [-0.2, -0.15) is 10.1 Å². The van der Waals surface area contributed by atoms with Gasteiger partial charge in [0.25, 0.3) is 0 Å². The fourth-order valence-electron chi connectivity index (χ4n) is 3.40. The number of aromatic nitrogens is 7. The fraction of sp³-hybridized carbons (Fsp3) is 0.250. The van der Waals surface area contributed by atoms with E-state index in [1.807, 2.05) is 18.5 Å². The van der Waals surface area contributed by atoms with E-state index in [1.165, 1.54) is 4.70 Å². The highest BCUT2D eigenvalue weighted by Crippen LogP contribution is 2.34. The van der Waals surface area contributed by atoms with Crippen molar-refractivity contribution in [2.45, 2.75) is 26.3 Å². The minimum Gasteiger partial charge on any atom is -0.368 e. The number of thiophene rings is 1. The third kappa shape index (κ3) is 3.24. The number of nitrogens with zero attached hydrogens (tertiary/aromatic N) is 6. The minimum atomic E-state index is 0.237. The molecule has 0 saturated carbocycles. The Bertz CT molecular complexity index is 1330. The standard InChI is InChI=1S/C20H21N9S/c1-11(2)29-10-23-16-18(22-8-7-15-24-20(21)28-27-15)25-17(26-19(16)29)13-9-30-14-6-4-3-5-12(13)14/h3-6,9-11H,7-8H2,1-2H3,(H,22,25,26)(H3,21,24,27,28). The number of fused-ring (bicyclic) bond motifs is 2. The summed E-state index contributed by atoms with van der Waals surface area (Å²) in [6, 6.07) is 8.54. The Balaban J connectivity index is 1.56. The molecule has 0 aliphatic carbocycles. The SMILES string of the molecule is CC(C)n1cnc2c(NCCc3n[nH]c(N)n3)nc(-c3csc4ccccc34)nc21. The molecular weight excluding hydrogens is 398 g/mol. The van der Waals surface area contributed by atoms with Gasteiger partial charge < -0.3 is 15.6 Å². The molecule has 5 rings (SSSR count). The summed E-state index contributed by atoms with van der Waals surface area (Å²) in [4.78, 5) is 18.4. The molecule has 0 spiro atoms. The van der Waals surface area contributed by atoms with Gasteiger partial charge in [-0.15, -0.1) is 11.3 Å². The number of nitrogens with one attached hydrogen (secondary N) is 2. The molecule has 30 heavy (non-hydrogen) atoms. The lowest BCUT2D eigenvalue weighted by molar-refractivity contribution is 0.613. The summed E-state index contributed by atoms with van der Waals surface area (Å²) in [6.07, 6.45) is 2.43. The Morgan fingerprint density at radius 3 is 2.87 bits per heavy atom. The van der Waals surface area contributed by atoms with Crippen LogP contribution in [0.2, 0.25) is 0 Å². The van der Waals surface area contributed by atoms with Gasteiger partial charge in [0.2, 0.25) is 5.95 Å². The van der Waals surface area contributed by atoms with Crippen molar-refractivity contribution in [3.05, 3.63) is 41.8 Å². The topological polar surface area (TPSA) is 123 Å². The Morgan fingerprint density at radius 1 is 1.20 bits per heavy atom. The van der Waals surface area contributed by atoms with E-state index in [2.05, 4.69) is 61.4 Å². The summed E-state index contributed by atoms with van der Waals surface area (Å²) in [5.74, 6) is 2.36. The van der Waals surface area contributed by atoms with Crippen molar-refractivity contribution < 1.29 is 0 Å². The molecule has 9 nitrogen and oxygen atoms in total. The molecule has 0 fully saturated rings. The molecule has 0 amide bonds. The van der Waals surface area contributed by atoms with Crippen LogP contribution in [0.3, 0.4) is 0 Å². The number of rotatable bonds is 6. The smallest absolute Gasteiger partial charge is 0.216 e. The molecule has 1 aromatic carbocycles. The molecule has 0 bridgehead atoms. The second-order valence-corrected chi connectivity index (χ2v) is 8.18. The molecule has 4 N–H and O–H groups in total. The van der Waals surface area contributed by atoms with E-state index in [4.69, 9.17) is 15.7 Å². The van der Waals surface area contributed by atoms with Crippen LogP contribution in [-0.2, 0) is 6.42 Å². The number of nitrogens with two attached hydrogens (primary N) is 1. The molecule has 0 atom stereocenters. The number of hydrogen-bond donors (Lipinski definition) is 3. The van der Waals surface area contributed by atoms with Crippen LogP contribution < -0.4 is 11.1 Å². The van der Waals surface area contributed by atoms with E-state index in [-0.39, 0.29) is 6.04 Å². The van der Waals surface area contributed by atoms with Crippen LogP contribution in [0.15, 0.2) is 36.0 Å². The van der Waals surface area contributed by atoms with Gasteiger partial charge in [-0.25, -0.2) is 20.1 Å². The molecule has 4 aromatic heterocycles. The second kappa shape index (κ2) is 7.38. The first-order valence-corrected chi connectivity index (χ1v) is 10.6. The lowest BCUT2D eigenvalue weighted by Gasteiger charge is -2.11. The Labute approximate surface area is 176 Å². The zero-order valence-corrected chi connectivity index (χ0v) is 17.4. The molecule has 0 aliphatic rings. The van der Waals surface area contributed by atoms with Gasteiger partial charge >= 0.3 is 0 Å². The average Bonchev–Trinajstić information content (AvgIpc) is 3.45. The van der Waals surface area contributed by atoms with Crippen LogP contribution in [0, 0.1) is 0 Å². The maximum Gasteiger partial charge on any atom is 0.216 e. The minimum absolute atomic E-state index is 0.237. The monoisotopic (exact) mass is 419 g/mol. The largest absolute Gasteiger partial charge is 0.368 e. The van der Waals surface area contributed by atoms with Gasteiger partial charge in [0, 0.05) is 40.0 Å². The molecule has 0 radical (unpaired) electrons.